The summed E-state index contributed by atoms with van der Waals surface area (Å²) in [6.07, 6.45) is 12.4. The summed E-state index contributed by atoms with van der Waals surface area (Å²) in [5.74, 6) is 0.776. The van der Waals surface area contributed by atoms with E-state index in [1.54, 1.807) is 0 Å². The maximum Gasteiger partial charge on any atom is -0.0171 e. The second-order valence-corrected chi connectivity index (χ2v) is 5.35. The van der Waals surface area contributed by atoms with Gasteiger partial charge in [-0.25, -0.2) is 0 Å². The summed E-state index contributed by atoms with van der Waals surface area (Å²) in [5.41, 5.74) is 4.45. The fourth-order valence-corrected chi connectivity index (χ4v) is 2.30. The van der Waals surface area contributed by atoms with E-state index in [1.807, 2.05) is 0 Å². The fourth-order valence-electron chi connectivity index (χ4n) is 2.30. The van der Waals surface area contributed by atoms with Gasteiger partial charge in [-0.2, -0.15) is 0 Å². The molecule has 90 valence electrons. The molecule has 1 fully saturated rings. The minimum absolute atomic E-state index is 0.776. The molecule has 0 aromatic rings. The summed E-state index contributed by atoms with van der Waals surface area (Å²) in [6, 6.07) is 0. The van der Waals surface area contributed by atoms with Crippen molar-refractivity contribution in [2.75, 3.05) is 0 Å². The van der Waals surface area contributed by atoms with E-state index in [-0.39, 0.29) is 0 Å². The molecule has 1 aliphatic carbocycles. The van der Waals surface area contributed by atoms with Crippen LogP contribution < -0.4 is 0 Å². The lowest BCUT2D eigenvalue weighted by molar-refractivity contribution is 0.635. The number of allylic oxidation sites excluding steroid dienone is 5. The molecule has 0 bridgehead atoms. The number of rotatable bonds is 5. The van der Waals surface area contributed by atoms with Crippen LogP contribution in [0.4, 0.5) is 0 Å². The van der Waals surface area contributed by atoms with E-state index in [4.69, 9.17) is 0 Å². The maximum atomic E-state index is 4.16. The summed E-state index contributed by atoms with van der Waals surface area (Å²) < 4.78 is 0. The SMILES string of the molecule is C=C1CCCC1CC=C(C)CCC=C(C)C. The highest BCUT2D eigenvalue weighted by atomic mass is 14.2. The van der Waals surface area contributed by atoms with E-state index in [0.29, 0.717) is 0 Å². The van der Waals surface area contributed by atoms with Gasteiger partial charge in [0.15, 0.2) is 0 Å². The normalized spacial score (nSPS) is 21.3. The summed E-state index contributed by atoms with van der Waals surface area (Å²) in [5, 5.41) is 0. The Bertz CT molecular complexity index is 287. The van der Waals surface area contributed by atoms with Crippen LogP contribution in [0.2, 0.25) is 0 Å². The van der Waals surface area contributed by atoms with Crippen molar-refractivity contribution in [1.82, 2.24) is 0 Å². The minimum atomic E-state index is 0.776. The van der Waals surface area contributed by atoms with Gasteiger partial charge >= 0.3 is 0 Å². The molecule has 1 saturated carbocycles. The third-order valence-corrected chi connectivity index (χ3v) is 3.47. The Morgan fingerprint density at radius 3 is 2.62 bits per heavy atom. The van der Waals surface area contributed by atoms with Crippen LogP contribution in [0, 0.1) is 5.92 Å². The quantitative estimate of drug-likeness (QED) is 0.540. The largest absolute Gasteiger partial charge is 0.0996 e. The van der Waals surface area contributed by atoms with Gasteiger partial charge in [-0.1, -0.05) is 35.5 Å². The molecule has 1 atom stereocenters. The zero-order chi connectivity index (χ0) is 12.0. The topological polar surface area (TPSA) is 0 Å². The predicted molar refractivity (Wildman–Crippen MR) is 73.5 cm³/mol. The highest BCUT2D eigenvalue weighted by Crippen LogP contribution is 2.32. The summed E-state index contributed by atoms with van der Waals surface area (Å²) in [4.78, 5) is 0. The van der Waals surface area contributed by atoms with Gasteiger partial charge in [0, 0.05) is 0 Å². The molecule has 0 spiro atoms. The smallest absolute Gasteiger partial charge is 0.0171 e. The molecule has 0 N–H and O–H groups in total. The molecule has 0 aromatic carbocycles. The first-order chi connectivity index (χ1) is 7.59. The first-order valence-electron chi connectivity index (χ1n) is 6.56. The van der Waals surface area contributed by atoms with Crippen molar-refractivity contribution < 1.29 is 0 Å². The van der Waals surface area contributed by atoms with E-state index in [0.717, 1.165) is 5.92 Å². The number of hydrogen-bond acceptors (Lipinski definition) is 0. The van der Waals surface area contributed by atoms with Crippen LogP contribution in [0.15, 0.2) is 35.5 Å². The Labute approximate surface area is 101 Å². The van der Waals surface area contributed by atoms with Gasteiger partial charge in [-0.3, -0.25) is 0 Å². The standard InChI is InChI=1S/C16H26/c1-13(2)7-5-8-14(3)11-12-16-10-6-9-15(16)4/h7,11,16H,4-6,8-10,12H2,1-3H3. The second-order valence-electron chi connectivity index (χ2n) is 5.35. The highest BCUT2D eigenvalue weighted by Gasteiger charge is 2.17. The molecule has 0 aromatic heterocycles. The zero-order valence-electron chi connectivity index (χ0n) is 11.2. The van der Waals surface area contributed by atoms with Gasteiger partial charge < -0.3 is 0 Å². The van der Waals surface area contributed by atoms with E-state index >= 15 is 0 Å². The van der Waals surface area contributed by atoms with Crippen molar-refractivity contribution in [2.45, 2.75) is 59.3 Å². The van der Waals surface area contributed by atoms with Crippen molar-refractivity contribution in [3.05, 3.63) is 35.5 Å². The van der Waals surface area contributed by atoms with E-state index in [9.17, 15) is 0 Å². The van der Waals surface area contributed by atoms with Crippen LogP contribution in [0.5, 0.6) is 0 Å². The van der Waals surface area contributed by atoms with Crippen LogP contribution in [0.25, 0.3) is 0 Å². The van der Waals surface area contributed by atoms with Gasteiger partial charge in [-0.05, 0) is 65.2 Å². The van der Waals surface area contributed by atoms with Crippen LogP contribution in [-0.2, 0) is 0 Å². The van der Waals surface area contributed by atoms with Crippen LogP contribution >= 0.6 is 0 Å². The molecule has 0 saturated heterocycles. The van der Waals surface area contributed by atoms with Gasteiger partial charge in [-0.15, -0.1) is 0 Å². The lowest BCUT2D eigenvalue weighted by Gasteiger charge is -2.08. The molecule has 0 heterocycles. The minimum Gasteiger partial charge on any atom is -0.0996 e. The molecule has 0 nitrogen and oxygen atoms in total. The highest BCUT2D eigenvalue weighted by molar-refractivity contribution is 5.10. The van der Waals surface area contributed by atoms with Gasteiger partial charge in [0.2, 0.25) is 0 Å². The molecule has 1 unspecified atom stereocenters. The van der Waals surface area contributed by atoms with Crippen molar-refractivity contribution >= 4 is 0 Å². The van der Waals surface area contributed by atoms with Crippen LogP contribution in [-0.4, -0.2) is 0 Å². The monoisotopic (exact) mass is 218 g/mol. The van der Waals surface area contributed by atoms with E-state index < -0.39 is 0 Å². The Balaban J connectivity index is 2.28. The molecular weight excluding hydrogens is 192 g/mol. The second kappa shape index (κ2) is 6.73. The molecule has 1 aliphatic rings. The van der Waals surface area contributed by atoms with Crippen molar-refractivity contribution in [1.29, 1.82) is 0 Å². The summed E-state index contributed by atoms with van der Waals surface area (Å²) in [6.45, 7) is 10.8. The molecule has 0 amide bonds. The van der Waals surface area contributed by atoms with Crippen molar-refractivity contribution in [3.8, 4) is 0 Å². The lowest BCUT2D eigenvalue weighted by atomic mass is 9.98. The Kier molecular flexibility index (Phi) is 5.59. The Morgan fingerprint density at radius 1 is 1.31 bits per heavy atom. The molecular formula is C16H26. The Hall–Kier alpha value is -0.780. The van der Waals surface area contributed by atoms with E-state index in [1.165, 1.54) is 55.2 Å². The van der Waals surface area contributed by atoms with Gasteiger partial charge in [0.1, 0.15) is 0 Å². The average Bonchev–Trinajstić information content (AvgIpc) is 2.60. The summed E-state index contributed by atoms with van der Waals surface area (Å²) >= 11 is 0. The van der Waals surface area contributed by atoms with E-state index in [2.05, 4.69) is 39.5 Å². The first kappa shape index (κ1) is 13.3. The van der Waals surface area contributed by atoms with Crippen molar-refractivity contribution in [2.24, 2.45) is 5.92 Å². The third kappa shape index (κ3) is 4.83. The molecule has 0 aliphatic heterocycles. The predicted octanol–water partition coefficient (Wildman–Crippen LogP) is 5.43. The summed E-state index contributed by atoms with van der Waals surface area (Å²) in [7, 11) is 0. The lowest BCUT2D eigenvalue weighted by Crippen LogP contribution is -1.93. The molecule has 0 heteroatoms. The maximum absolute atomic E-state index is 4.16. The third-order valence-electron chi connectivity index (χ3n) is 3.47. The Morgan fingerprint density at radius 2 is 2.06 bits per heavy atom. The van der Waals surface area contributed by atoms with Crippen LogP contribution in [0.1, 0.15) is 59.3 Å². The molecule has 16 heavy (non-hydrogen) atoms. The van der Waals surface area contributed by atoms with Gasteiger partial charge in [0.25, 0.3) is 0 Å². The van der Waals surface area contributed by atoms with Crippen LogP contribution in [0.3, 0.4) is 0 Å². The zero-order valence-corrected chi connectivity index (χ0v) is 11.2. The van der Waals surface area contributed by atoms with Crippen molar-refractivity contribution in [3.63, 3.8) is 0 Å². The molecule has 0 radical (unpaired) electrons. The molecule has 1 rings (SSSR count). The first-order valence-corrected chi connectivity index (χ1v) is 6.56. The number of hydrogen-bond donors (Lipinski definition) is 0. The van der Waals surface area contributed by atoms with Gasteiger partial charge in [0.05, 0.1) is 0 Å². The fraction of sp³-hybridized carbons (Fsp3) is 0.625. The average molecular weight is 218 g/mol.